The number of likely N-dealkylation sites (tertiary alicyclic amines) is 2. The summed E-state index contributed by atoms with van der Waals surface area (Å²) in [6, 6.07) is 6.64. The van der Waals surface area contributed by atoms with E-state index in [1.165, 1.54) is 0 Å². The van der Waals surface area contributed by atoms with Gasteiger partial charge < -0.3 is 44.5 Å². The molecule has 4 heterocycles. The van der Waals surface area contributed by atoms with Gasteiger partial charge in [0.25, 0.3) is 0 Å². The van der Waals surface area contributed by atoms with Gasteiger partial charge in [0, 0.05) is 88.7 Å². The first kappa shape index (κ1) is 55.6. The van der Waals surface area contributed by atoms with E-state index in [0.29, 0.717) is 74.9 Å². The summed E-state index contributed by atoms with van der Waals surface area (Å²) in [6.45, 7) is 10.5. The molecule has 8 atom stereocenters. The van der Waals surface area contributed by atoms with E-state index < -0.39 is 57.0 Å². The van der Waals surface area contributed by atoms with Crippen molar-refractivity contribution in [3.63, 3.8) is 0 Å². The van der Waals surface area contributed by atoms with Crippen molar-refractivity contribution in [2.75, 3.05) is 52.5 Å². The van der Waals surface area contributed by atoms with Crippen molar-refractivity contribution in [2.45, 2.75) is 190 Å². The summed E-state index contributed by atoms with van der Waals surface area (Å²) in [5.41, 5.74) is -3.05. The average molecular weight is 1120 g/mol. The fourth-order valence-electron chi connectivity index (χ4n) is 16.1. The van der Waals surface area contributed by atoms with Crippen LogP contribution in [0.5, 0.6) is 23.0 Å². The SMILES string of the molecule is CC(C)(CC(=O)CCC(=O)NCCOCCNC(=O)CCC(=O)CC(C)(C)C(=O)O[C@@]12CCC(=O)[C@@H]3Oc4c(O)ccc5c4[C@@]31CCN(CC1CC1)[C@@H]2C5)C(=O)O[C@@]12CCC(=O)[C@@H]3Oc4c(O)ccc5c4[C@@]31CCN(CC1CC1)[C@@H]2C5. The number of rotatable bonds is 24. The van der Waals surface area contributed by atoms with Gasteiger partial charge >= 0.3 is 11.9 Å². The normalized spacial score (nSPS) is 30.3. The van der Waals surface area contributed by atoms with Crippen molar-refractivity contribution in [3.05, 3.63) is 46.5 Å². The van der Waals surface area contributed by atoms with Gasteiger partial charge in [-0.3, -0.25) is 48.2 Å². The summed E-state index contributed by atoms with van der Waals surface area (Å²) in [5, 5.41) is 27.4. The van der Waals surface area contributed by atoms with Gasteiger partial charge in [-0.1, -0.05) is 12.1 Å². The molecular weight excluding hydrogens is 1040 g/mol. The molecule has 19 nitrogen and oxygen atoms in total. The Morgan fingerprint density at radius 3 is 1.41 bits per heavy atom. The van der Waals surface area contributed by atoms with Crippen LogP contribution in [0.25, 0.3) is 0 Å². The van der Waals surface area contributed by atoms with E-state index in [4.69, 9.17) is 23.7 Å². The Morgan fingerprint density at radius 2 is 1.01 bits per heavy atom. The zero-order chi connectivity index (χ0) is 57.0. The first-order valence-corrected chi connectivity index (χ1v) is 29.8. The summed E-state index contributed by atoms with van der Waals surface area (Å²) in [7, 11) is 0. The van der Waals surface area contributed by atoms with Crippen LogP contribution < -0.4 is 20.1 Å². The Morgan fingerprint density at radius 1 is 0.605 bits per heavy atom. The van der Waals surface area contributed by atoms with Crippen molar-refractivity contribution in [1.82, 2.24) is 20.4 Å². The molecule has 2 saturated heterocycles. The molecule has 4 aliphatic heterocycles. The smallest absolute Gasteiger partial charge is 0.312 e. The van der Waals surface area contributed by atoms with E-state index in [0.717, 1.165) is 61.0 Å². The number of benzene rings is 2. The van der Waals surface area contributed by atoms with Gasteiger partial charge in [0.15, 0.2) is 46.8 Å². The summed E-state index contributed by atoms with van der Waals surface area (Å²) < 4.78 is 32.0. The first-order valence-electron chi connectivity index (χ1n) is 29.8. The molecule has 19 heteroatoms. The second-order valence-electron chi connectivity index (χ2n) is 26.7. The Bertz CT molecular complexity index is 2790. The van der Waals surface area contributed by atoms with Crippen LogP contribution in [0.3, 0.4) is 0 Å². The number of Topliss-reactive ketones (excluding diaryl/α,β-unsaturated/α-hetero) is 4. The highest BCUT2D eigenvalue weighted by Crippen LogP contribution is 2.68. The number of hydrogen-bond donors (Lipinski definition) is 4. The molecule has 6 fully saturated rings. The van der Waals surface area contributed by atoms with Crippen molar-refractivity contribution < 1.29 is 72.3 Å². The number of amides is 2. The number of aromatic hydroxyl groups is 2. The second-order valence-corrected chi connectivity index (χ2v) is 26.7. The third-order valence-electron chi connectivity index (χ3n) is 20.4. The van der Waals surface area contributed by atoms with Gasteiger partial charge in [0.1, 0.15) is 22.8 Å². The Hall–Kier alpha value is -5.92. The molecule has 2 aromatic carbocycles. The van der Waals surface area contributed by atoms with E-state index in [2.05, 4.69) is 20.4 Å². The maximum absolute atomic E-state index is 14.5. The largest absolute Gasteiger partial charge is 0.504 e. The summed E-state index contributed by atoms with van der Waals surface area (Å²) >= 11 is 0. The summed E-state index contributed by atoms with van der Waals surface area (Å²) in [5.74, 6) is -0.788. The van der Waals surface area contributed by atoms with E-state index in [1.807, 2.05) is 12.1 Å². The number of nitrogens with one attached hydrogen (secondary N) is 2. The quantitative estimate of drug-likeness (QED) is 0.0802. The van der Waals surface area contributed by atoms with Crippen LogP contribution in [0.15, 0.2) is 24.3 Å². The molecule has 436 valence electrons. The van der Waals surface area contributed by atoms with Crippen LogP contribution in [0.2, 0.25) is 0 Å². The number of ether oxygens (including phenoxy) is 5. The van der Waals surface area contributed by atoms with Crippen LogP contribution in [0, 0.1) is 22.7 Å². The third kappa shape index (κ3) is 9.24. The molecule has 2 amide bonds. The molecule has 4 bridgehead atoms. The predicted octanol–water partition coefficient (Wildman–Crippen LogP) is 4.95. The lowest BCUT2D eigenvalue weighted by Gasteiger charge is -2.64. The number of phenolic OH excluding ortho intramolecular Hbond substituents is 2. The lowest BCUT2D eigenvalue weighted by Crippen LogP contribution is -2.78. The number of esters is 2. The van der Waals surface area contributed by atoms with Gasteiger partial charge in [0.05, 0.1) is 47.0 Å². The zero-order valence-electron chi connectivity index (χ0n) is 47.3. The molecule has 12 rings (SSSR count). The van der Waals surface area contributed by atoms with Crippen molar-refractivity contribution >= 4 is 46.9 Å². The topological polar surface area (TPSA) is 254 Å². The van der Waals surface area contributed by atoms with Crippen LogP contribution in [0.1, 0.15) is 153 Å². The minimum Gasteiger partial charge on any atom is -0.504 e. The number of carbonyl (C=O) groups is 8. The summed E-state index contributed by atoms with van der Waals surface area (Å²) in [4.78, 5) is 114. The highest BCUT2D eigenvalue weighted by molar-refractivity contribution is 5.94. The predicted molar refractivity (Wildman–Crippen MR) is 289 cm³/mol. The van der Waals surface area contributed by atoms with E-state index in [1.54, 1.807) is 39.8 Å². The van der Waals surface area contributed by atoms with E-state index in [9.17, 15) is 48.6 Å². The van der Waals surface area contributed by atoms with Gasteiger partial charge in [-0.2, -0.15) is 0 Å². The van der Waals surface area contributed by atoms with Gasteiger partial charge in [0.2, 0.25) is 11.8 Å². The second kappa shape index (κ2) is 20.5. The van der Waals surface area contributed by atoms with E-state index >= 15 is 0 Å². The summed E-state index contributed by atoms with van der Waals surface area (Å²) in [6.07, 6.45) is 5.38. The molecule has 0 aromatic heterocycles. The van der Waals surface area contributed by atoms with Crippen LogP contribution in [0.4, 0.5) is 0 Å². The maximum Gasteiger partial charge on any atom is 0.312 e. The van der Waals surface area contributed by atoms with E-state index in [-0.39, 0.29) is 136 Å². The molecule has 0 unspecified atom stereocenters. The fourth-order valence-corrected chi connectivity index (χ4v) is 16.1. The molecule has 4 saturated carbocycles. The van der Waals surface area contributed by atoms with Gasteiger partial charge in [-0.05, 0) is 140 Å². The van der Waals surface area contributed by atoms with Crippen molar-refractivity contribution in [3.8, 4) is 23.0 Å². The number of carbonyl (C=O) groups excluding carboxylic acids is 8. The molecule has 10 aliphatic rings. The van der Waals surface area contributed by atoms with Gasteiger partial charge in [-0.15, -0.1) is 0 Å². The van der Waals surface area contributed by atoms with Crippen molar-refractivity contribution in [2.24, 2.45) is 22.7 Å². The number of ketones is 4. The van der Waals surface area contributed by atoms with Crippen LogP contribution >= 0.6 is 0 Å². The monoisotopic (exact) mass is 1120 g/mol. The van der Waals surface area contributed by atoms with Crippen LogP contribution in [-0.4, -0.2) is 155 Å². The highest BCUT2D eigenvalue weighted by atomic mass is 16.6. The van der Waals surface area contributed by atoms with Crippen LogP contribution in [-0.2, 0) is 76.2 Å². The molecule has 6 aliphatic carbocycles. The minimum atomic E-state index is -1.24. The standard InChI is InChI=1S/C62H78N4O15/c1-57(2,55(75)80-61-19-17-43(71)53-59(61)21-25-65(33-35-5-6-35)45(61)29-37-9-13-41(69)51(78-53)49(37)59)31-39(67)11-15-47(73)63-23-27-77-28-24-64-48(74)16-12-40(68)32-58(3,4)56(76)81-62-20-18-44(72)54-60(62)22-26-66(34-36-7-8-36)46(62)30-38-10-14-42(70)52(79-54)50(38)60/h9-10,13-14,35-36,45-46,53-54,69-70H,5-8,11-12,15-34H2,1-4H3,(H,63,73)(H,64,74)/t45-,46-,53+,54+,59+,60+,61-,62-/m1/s1. The Kier molecular flexibility index (Phi) is 14.0. The van der Waals surface area contributed by atoms with Gasteiger partial charge in [-0.25, -0.2) is 0 Å². The fraction of sp³-hybridized carbons (Fsp3) is 0.677. The lowest BCUT2D eigenvalue weighted by atomic mass is 9.48. The zero-order valence-corrected chi connectivity index (χ0v) is 47.3. The number of piperidine rings is 2. The first-order chi connectivity index (χ1) is 38.6. The number of phenols is 2. The minimum absolute atomic E-state index is 0.0347. The molecule has 2 spiro atoms. The highest BCUT2D eigenvalue weighted by Gasteiger charge is 2.77. The lowest BCUT2D eigenvalue weighted by molar-refractivity contribution is -0.223. The van der Waals surface area contributed by atoms with Crippen molar-refractivity contribution in [1.29, 1.82) is 0 Å². The Balaban J connectivity index is 0.568. The molecule has 4 N–H and O–H groups in total. The average Bonchev–Trinajstić information content (AvgIpc) is 1.76. The Labute approximate surface area is 472 Å². The molecule has 81 heavy (non-hydrogen) atoms. The number of nitrogens with zero attached hydrogens (tertiary/aromatic N) is 2. The molecule has 2 aromatic rings. The molecular formula is C62H78N4O15. The number of hydrogen-bond acceptors (Lipinski definition) is 17. The third-order valence-corrected chi connectivity index (χ3v) is 20.4. The molecule has 0 radical (unpaired) electrons. The maximum atomic E-state index is 14.5.